The number of carboxylic acids is 1. The van der Waals surface area contributed by atoms with Crippen molar-refractivity contribution in [2.24, 2.45) is 0 Å². The lowest BCUT2D eigenvalue weighted by Crippen LogP contribution is -2.03. The van der Waals surface area contributed by atoms with E-state index >= 15 is 0 Å². The predicted molar refractivity (Wildman–Crippen MR) is 70.7 cm³/mol. The van der Waals surface area contributed by atoms with Crippen molar-refractivity contribution in [1.82, 2.24) is 4.98 Å². The van der Waals surface area contributed by atoms with E-state index in [4.69, 9.17) is 14.2 Å². The lowest BCUT2D eigenvalue weighted by molar-refractivity contribution is 0.0691. The van der Waals surface area contributed by atoms with Crippen LogP contribution in [0.5, 0.6) is 17.2 Å². The van der Waals surface area contributed by atoms with Gasteiger partial charge in [-0.15, -0.1) is 11.3 Å². The lowest BCUT2D eigenvalue weighted by atomic mass is 10.2. The summed E-state index contributed by atoms with van der Waals surface area (Å²) in [6.45, 7) is 2.26. The molecule has 0 radical (unpaired) electrons. The Morgan fingerprint density at radius 2 is 2.20 bits per heavy atom. The van der Waals surface area contributed by atoms with Crippen LogP contribution in [0.4, 0.5) is 0 Å². The van der Waals surface area contributed by atoms with Gasteiger partial charge in [-0.3, -0.25) is 0 Å². The van der Waals surface area contributed by atoms with Gasteiger partial charge in [-0.25, -0.2) is 9.78 Å². The molecule has 1 aliphatic rings. The van der Waals surface area contributed by atoms with Crippen LogP contribution in [0.1, 0.15) is 20.2 Å². The third-order valence-corrected chi connectivity index (χ3v) is 3.63. The average molecular weight is 293 g/mol. The highest BCUT2D eigenvalue weighted by atomic mass is 32.1. The monoisotopic (exact) mass is 293 g/mol. The molecule has 20 heavy (non-hydrogen) atoms. The summed E-state index contributed by atoms with van der Waals surface area (Å²) in [5.41, 5.74) is 0.0514. The van der Waals surface area contributed by atoms with E-state index in [-0.39, 0.29) is 24.7 Å². The number of hydrogen-bond acceptors (Lipinski definition) is 6. The van der Waals surface area contributed by atoms with Gasteiger partial charge in [0.2, 0.25) is 6.79 Å². The van der Waals surface area contributed by atoms with E-state index in [1.807, 2.05) is 6.92 Å². The first-order chi connectivity index (χ1) is 9.63. The van der Waals surface area contributed by atoms with Crippen molar-refractivity contribution in [3.8, 4) is 17.2 Å². The van der Waals surface area contributed by atoms with Crippen LogP contribution >= 0.6 is 11.3 Å². The Morgan fingerprint density at radius 3 is 2.85 bits per heavy atom. The maximum Gasteiger partial charge on any atom is 0.339 e. The third-order valence-electron chi connectivity index (χ3n) is 2.74. The van der Waals surface area contributed by atoms with E-state index in [0.717, 1.165) is 9.88 Å². The highest BCUT2D eigenvalue weighted by Gasteiger charge is 2.21. The van der Waals surface area contributed by atoms with Gasteiger partial charge in [0.05, 0.1) is 9.88 Å². The Hall–Kier alpha value is -2.28. The van der Waals surface area contributed by atoms with Crippen LogP contribution < -0.4 is 14.2 Å². The summed E-state index contributed by atoms with van der Waals surface area (Å²) in [6, 6.07) is 2.96. The molecule has 7 heteroatoms. The predicted octanol–water partition coefficient (Wildman–Crippen LogP) is 2.46. The SMILES string of the molecule is Cc1ncc(COc2cc3c(cc2C(=O)O)OCO3)s1. The third kappa shape index (κ3) is 2.39. The second kappa shape index (κ2) is 5.01. The Kier molecular flexibility index (Phi) is 3.19. The summed E-state index contributed by atoms with van der Waals surface area (Å²) in [7, 11) is 0. The van der Waals surface area contributed by atoms with E-state index < -0.39 is 5.97 Å². The highest BCUT2D eigenvalue weighted by Crippen LogP contribution is 2.38. The van der Waals surface area contributed by atoms with Gasteiger partial charge in [-0.05, 0) is 6.92 Å². The molecule has 3 rings (SSSR count). The standard InChI is InChI=1S/C13H11NO5S/c1-7-14-4-8(20-7)5-17-10-3-12-11(18-6-19-12)2-9(10)13(15)16/h2-4H,5-6H2,1H3,(H,15,16). The molecule has 0 bridgehead atoms. The molecule has 2 aromatic rings. The largest absolute Gasteiger partial charge is 0.487 e. The summed E-state index contributed by atoms with van der Waals surface area (Å²) in [5, 5.41) is 10.1. The second-order valence-electron chi connectivity index (χ2n) is 4.14. The zero-order valence-corrected chi connectivity index (χ0v) is 11.4. The molecule has 1 aliphatic heterocycles. The first-order valence-electron chi connectivity index (χ1n) is 5.84. The number of aromatic nitrogens is 1. The number of ether oxygens (including phenoxy) is 3. The zero-order valence-electron chi connectivity index (χ0n) is 10.6. The number of thiazole rings is 1. The minimum absolute atomic E-state index is 0.0514. The van der Waals surface area contributed by atoms with Crippen molar-refractivity contribution in [1.29, 1.82) is 0 Å². The smallest absolute Gasteiger partial charge is 0.339 e. The number of aromatic carboxylic acids is 1. The molecule has 1 aromatic carbocycles. The fourth-order valence-electron chi connectivity index (χ4n) is 1.83. The molecule has 6 nitrogen and oxygen atoms in total. The molecular formula is C13H11NO5S. The van der Waals surface area contributed by atoms with Crippen LogP contribution in [0.3, 0.4) is 0 Å². The molecule has 0 aliphatic carbocycles. The van der Waals surface area contributed by atoms with Crippen LogP contribution in [-0.2, 0) is 6.61 Å². The molecule has 1 aromatic heterocycles. The summed E-state index contributed by atoms with van der Waals surface area (Å²) in [4.78, 5) is 16.3. The van der Waals surface area contributed by atoms with E-state index in [0.29, 0.717) is 11.5 Å². The maximum absolute atomic E-state index is 11.3. The fraction of sp³-hybridized carbons (Fsp3) is 0.231. The van der Waals surface area contributed by atoms with Gasteiger partial charge in [0.25, 0.3) is 0 Å². The summed E-state index contributed by atoms with van der Waals surface area (Å²) >= 11 is 1.51. The minimum atomic E-state index is -1.07. The zero-order chi connectivity index (χ0) is 14.1. The molecule has 0 atom stereocenters. The first-order valence-corrected chi connectivity index (χ1v) is 6.66. The van der Waals surface area contributed by atoms with Crippen molar-refractivity contribution in [2.45, 2.75) is 13.5 Å². The van der Waals surface area contributed by atoms with Crippen molar-refractivity contribution in [3.05, 3.63) is 33.8 Å². The molecule has 0 saturated heterocycles. The van der Waals surface area contributed by atoms with Crippen molar-refractivity contribution < 1.29 is 24.1 Å². The maximum atomic E-state index is 11.3. The number of carboxylic acid groups (broad SMARTS) is 1. The number of nitrogens with zero attached hydrogens (tertiary/aromatic N) is 1. The van der Waals surface area contributed by atoms with E-state index in [9.17, 15) is 9.90 Å². The second-order valence-corrected chi connectivity index (χ2v) is 5.46. The lowest BCUT2D eigenvalue weighted by Gasteiger charge is -2.09. The van der Waals surface area contributed by atoms with E-state index in [1.54, 1.807) is 12.3 Å². The van der Waals surface area contributed by atoms with Crippen molar-refractivity contribution in [3.63, 3.8) is 0 Å². The van der Waals surface area contributed by atoms with Crippen LogP contribution in [0.2, 0.25) is 0 Å². The number of rotatable bonds is 4. The Balaban J connectivity index is 1.86. The van der Waals surface area contributed by atoms with Gasteiger partial charge in [0.15, 0.2) is 11.5 Å². The summed E-state index contributed by atoms with van der Waals surface area (Å²) in [6.07, 6.45) is 1.72. The van der Waals surface area contributed by atoms with E-state index in [2.05, 4.69) is 4.98 Å². The van der Waals surface area contributed by atoms with E-state index in [1.165, 1.54) is 17.4 Å². The Morgan fingerprint density at radius 1 is 1.45 bits per heavy atom. The van der Waals surface area contributed by atoms with Gasteiger partial charge in [0.1, 0.15) is 17.9 Å². The number of fused-ring (bicyclic) bond motifs is 1. The normalized spacial score (nSPS) is 12.4. The Labute approximate surface area is 118 Å². The number of hydrogen-bond donors (Lipinski definition) is 1. The quantitative estimate of drug-likeness (QED) is 0.933. The fourth-order valence-corrected chi connectivity index (χ4v) is 2.54. The van der Waals surface area contributed by atoms with Gasteiger partial charge >= 0.3 is 5.97 Å². The molecule has 0 amide bonds. The first kappa shape index (κ1) is 12.7. The van der Waals surface area contributed by atoms with Gasteiger partial charge < -0.3 is 19.3 Å². The molecule has 0 unspecified atom stereocenters. The molecule has 0 fully saturated rings. The number of aryl methyl sites for hydroxylation is 1. The summed E-state index contributed by atoms with van der Waals surface area (Å²) in [5.74, 6) is 0.0976. The van der Waals surface area contributed by atoms with Gasteiger partial charge in [-0.1, -0.05) is 0 Å². The molecule has 0 saturated carbocycles. The van der Waals surface area contributed by atoms with Crippen LogP contribution in [0.25, 0.3) is 0 Å². The molecular weight excluding hydrogens is 282 g/mol. The minimum Gasteiger partial charge on any atom is -0.487 e. The topological polar surface area (TPSA) is 77.9 Å². The van der Waals surface area contributed by atoms with Crippen LogP contribution in [-0.4, -0.2) is 22.9 Å². The molecule has 1 N–H and O–H groups in total. The molecule has 2 heterocycles. The number of benzene rings is 1. The van der Waals surface area contributed by atoms with Crippen LogP contribution in [0, 0.1) is 6.92 Å². The van der Waals surface area contributed by atoms with Crippen molar-refractivity contribution >= 4 is 17.3 Å². The van der Waals surface area contributed by atoms with Crippen LogP contribution in [0.15, 0.2) is 18.3 Å². The Bertz CT molecular complexity index is 667. The molecule has 104 valence electrons. The van der Waals surface area contributed by atoms with Gasteiger partial charge in [0, 0.05) is 18.3 Å². The van der Waals surface area contributed by atoms with Crippen molar-refractivity contribution in [2.75, 3.05) is 6.79 Å². The summed E-state index contributed by atoms with van der Waals surface area (Å²) < 4.78 is 16.0. The molecule has 0 spiro atoms. The van der Waals surface area contributed by atoms with Gasteiger partial charge in [-0.2, -0.15) is 0 Å². The highest BCUT2D eigenvalue weighted by molar-refractivity contribution is 7.11. The number of carbonyl (C=O) groups is 1. The average Bonchev–Trinajstić information content (AvgIpc) is 3.03.